The second-order valence-electron chi connectivity index (χ2n) is 11.3. The van der Waals surface area contributed by atoms with Gasteiger partial charge in [-0.05, 0) is 59.4 Å². The van der Waals surface area contributed by atoms with Crippen LogP contribution in [0.5, 0.6) is 0 Å². The molecule has 35 heavy (non-hydrogen) atoms. The van der Waals surface area contributed by atoms with Gasteiger partial charge in [0.25, 0.3) is 5.91 Å². The SMILES string of the molecule is CC1C(C(=O)NN2CC3CCCC3C2)=NN(c2ccc(Cl)cc2Cl)C1c1cccc(C(C)(C)C)c1. The number of nitrogens with zero attached hydrogens (tertiary/aromatic N) is 3. The van der Waals surface area contributed by atoms with Crippen LogP contribution in [0.4, 0.5) is 5.69 Å². The molecule has 0 aromatic heterocycles. The van der Waals surface area contributed by atoms with Crippen LogP contribution in [0, 0.1) is 17.8 Å². The molecule has 1 amide bonds. The van der Waals surface area contributed by atoms with Crippen molar-refractivity contribution in [2.24, 2.45) is 22.9 Å². The molecular weight excluding hydrogens is 479 g/mol. The first-order chi connectivity index (χ1) is 16.6. The first-order valence-electron chi connectivity index (χ1n) is 12.6. The van der Waals surface area contributed by atoms with Gasteiger partial charge in [0.15, 0.2) is 0 Å². The van der Waals surface area contributed by atoms with E-state index in [9.17, 15) is 4.79 Å². The van der Waals surface area contributed by atoms with E-state index in [-0.39, 0.29) is 23.3 Å². The molecule has 5 nitrogen and oxygen atoms in total. The van der Waals surface area contributed by atoms with Crippen molar-refractivity contribution < 1.29 is 4.79 Å². The lowest BCUT2D eigenvalue weighted by Crippen LogP contribution is -2.45. The van der Waals surface area contributed by atoms with Crippen molar-refractivity contribution in [1.82, 2.24) is 10.4 Å². The number of hydrazone groups is 1. The Kier molecular flexibility index (Phi) is 6.62. The van der Waals surface area contributed by atoms with Crippen molar-refractivity contribution in [3.63, 3.8) is 0 Å². The Balaban J connectivity index is 1.47. The van der Waals surface area contributed by atoms with Gasteiger partial charge in [-0.15, -0.1) is 0 Å². The number of hydrogen-bond acceptors (Lipinski definition) is 4. The van der Waals surface area contributed by atoms with E-state index in [1.807, 2.05) is 17.1 Å². The zero-order chi connectivity index (χ0) is 24.9. The molecule has 1 saturated carbocycles. The van der Waals surface area contributed by atoms with E-state index in [1.54, 1.807) is 6.07 Å². The highest BCUT2D eigenvalue weighted by Crippen LogP contribution is 2.43. The van der Waals surface area contributed by atoms with Gasteiger partial charge in [0, 0.05) is 24.0 Å². The van der Waals surface area contributed by atoms with Crippen LogP contribution in [0.1, 0.15) is 64.1 Å². The zero-order valence-corrected chi connectivity index (χ0v) is 22.4. The number of carbonyl (C=O) groups is 1. The van der Waals surface area contributed by atoms with Crippen molar-refractivity contribution in [2.45, 2.75) is 58.4 Å². The number of hydrazine groups is 1. The second kappa shape index (κ2) is 9.42. The van der Waals surface area contributed by atoms with Gasteiger partial charge in [-0.25, -0.2) is 5.01 Å². The molecule has 5 rings (SSSR count). The molecule has 2 aliphatic heterocycles. The normalized spacial score (nSPS) is 26.7. The summed E-state index contributed by atoms with van der Waals surface area (Å²) in [5, 5.41) is 9.96. The summed E-state index contributed by atoms with van der Waals surface area (Å²) >= 11 is 12.8. The molecule has 186 valence electrons. The molecule has 2 fully saturated rings. The standard InChI is InChI=1S/C28H34Cl2N4O/c1-17-25(27(35)32-33-15-19-8-5-9-20(19)16-33)31-34(24-12-11-22(29)14-23(24)30)26(17)18-7-6-10-21(13-18)28(2,3)4/h6-7,10-14,17,19-20,26H,5,8-9,15-16H2,1-4H3,(H,32,35). The fourth-order valence-corrected chi connectivity index (χ4v) is 6.39. The van der Waals surface area contributed by atoms with Gasteiger partial charge in [0.1, 0.15) is 5.71 Å². The number of rotatable bonds is 4. The summed E-state index contributed by atoms with van der Waals surface area (Å²) in [5.41, 5.74) is 6.80. The summed E-state index contributed by atoms with van der Waals surface area (Å²) in [4.78, 5) is 13.5. The summed E-state index contributed by atoms with van der Waals surface area (Å²) in [7, 11) is 0. The molecule has 1 N–H and O–H groups in total. The van der Waals surface area contributed by atoms with Crippen LogP contribution in [0.25, 0.3) is 0 Å². The number of fused-ring (bicyclic) bond motifs is 1. The molecule has 4 atom stereocenters. The van der Waals surface area contributed by atoms with Gasteiger partial charge in [-0.3, -0.25) is 15.2 Å². The zero-order valence-electron chi connectivity index (χ0n) is 20.9. The predicted octanol–water partition coefficient (Wildman–Crippen LogP) is 6.61. The molecule has 4 unspecified atom stereocenters. The molecule has 2 heterocycles. The van der Waals surface area contributed by atoms with Crippen molar-refractivity contribution in [2.75, 3.05) is 18.1 Å². The van der Waals surface area contributed by atoms with Crippen molar-refractivity contribution in [3.05, 3.63) is 63.6 Å². The summed E-state index contributed by atoms with van der Waals surface area (Å²) in [6, 6.07) is 13.8. The molecule has 0 bridgehead atoms. The number of anilines is 1. The maximum Gasteiger partial charge on any atom is 0.282 e. The lowest BCUT2D eigenvalue weighted by Gasteiger charge is -2.29. The quantitative estimate of drug-likeness (QED) is 0.501. The van der Waals surface area contributed by atoms with Crippen LogP contribution in [0.15, 0.2) is 47.6 Å². The highest BCUT2D eigenvalue weighted by molar-refractivity contribution is 6.41. The third-order valence-corrected chi connectivity index (χ3v) is 8.39. The van der Waals surface area contributed by atoms with E-state index in [2.05, 4.69) is 62.4 Å². The van der Waals surface area contributed by atoms with E-state index in [4.69, 9.17) is 28.3 Å². The first-order valence-corrected chi connectivity index (χ1v) is 13.4. The Hall–Kier alpha value is -2.08. The average molecular weight is 514 g/mol. The van der Waals surface area contributed by atoms with E-state index >= 15 is 0 Å². The maximum absolute atomic E-state index is 13.5. The lowest BCUT2D eigenvalue weighted by molar-refractivity contribution is -0.119. The molecule has 2 aromatic carbocycles. The number of carbonyl (C=O) groups excluding carboxylic acids is 1. The largest absolute Gasteiger partial charge is 0.284 e. The van der Waals surface area contributed by atoms with E-state index in [0.29, 0.717) is 27.6 Å². The molecule has 1 saturated heterocycles. The first kappa shape index (κ1) is 24.6. The molecule has 1 aliphatic carbocycles. The Labute approximate surface area is 218 Å². The number of nitrogens with one attached hydrogen (secondary N) is 1. The fourth-order valence-electron chi connectivity index (χ4n) is 5.90. The highest BCUT2D eigenvalue weighted by Gasteiger charge is 2.42. The lowest BCUT2D eigenvalue weighted by atomic mass is 9.83. The smallest absolute Gasteiger partial charge is 0.282 e. The van der Waals surface area contributed by atoms with E-state index < -0.39 is 0 Å². The number of hydrogen-bond donors (Lipinski definition) is 1. The molecule has 0 radical (unpaired) electrons. The Morgan fingerprint density at radius 1 is 1.06 bits per heavy atom. The molecule has 7 heteroatoms. The molecule has 3 aliphatic rings. The number of halogens is 2. The minimum atomic E-state index is -0.158. The Morgan fingerprint density at radius 3 is 2.43 bits per heavy atom. The highest BCUT2D eigenvalue weighted by atomic mass is 35.5. The Morgan fingerprint density at radius 2 is 1.77 bits per heavy atom. The predicted molar refractivity (Wildman–Crippen MR) is 144 cm³/mol. The van der Waals surface area contributed by atoms with E-state index in [0.717, 1.165) is 24.3 Å². The summed E-state index contributed by atoms with van der Waals surface area (Å²) in [5.74, 6) is 1.16. The minimum Gasteiger partial charge on any atom is -0.284 e. The Bertz CT molecular complexity index is 1150. The molecule has 0 spiro atoms. The van der Waals surface area contributed by atoms with Crippen LogP contribution >= 0.6 is 23.2 Å². The second-order valence-corrected chi connectivity index (χ2v) is 12.2. The van der Waals surface area contributed by atoms with Crippen molar-refractivity contribution in [3.8, 4) is 0 Å². The van der Waals surface area contributed by atoms with Gasteiger partial charge in [0.05, 0.1) is 16.8 Å². The third-order valence-electron chi connectivity index (χ3n) is 7.85. The topological polar surface area (TPSA) is 47.9 Å². The van der Waals surface area contributed by atoms with Gasteiger partial charge >= 0.3 is 0 Å². The van der Waals surface area contributed by atoms with Crippen LogP contribution in [-0.4, -0.2) is 29.7 Å². The summed E-state index contributed by atoms with van der Waals surface area (Å²) in [6.07, 6.45) is 3.85. The van der Waals surface area contributed by atoms with Crippen molar-refractivity contribution >= 4 is 40.5 Å². The maximum atomic E-state index is 13.5. The van der Waals surface area contributed by atoms with Gasteiger partial charge in [-0.1, -0.05) is 81.6 Å². The summed E-state index contributed by atoms with van der Waals surface area (Å²) in [6.45, 7) is 10.6. The van der Waals surface area contributed by atoms with Crippen molar-refractivity contribution in [1.29, 1.82) is 0 Å². The monoisotopic (exact) mass is 512 g/mol. The van der Waals surface area contributed by atoms with Gasteiger partial charge < -0.3 is 0 Å². The molecular formula is C28H34Cl2N4O. The van der Waals surface area contributed by atoms with Crippen LogP contribution < -0.4 is 10.4 Å². The van der Waals surface area contributed by atoms with Crippen LogP contribution in [0.2, 0.25) is 10.0 Å². The van der Waals surface area contributed by atoms with E-state index in [1.165, 1.54) is 24.8 Å². The van der Waals surface area contributed by atoms with Gasteiger partial charge in [-0.2, -0.15) is 5.10 Å². The van der Waals surface area contributed by atoms with Crippen LogP contribution in [-0.2, 0) is 10.2 Å². The number of benzene rings is 2. The molecule has 2 aromatic rings. The number of amides is 1. The third kappa shape index (κ3) is 4.83. The minimum absolute atomic E-state index is 0.00941. The van der Waals surface area contributed by atoms with Gasteiger partial charge in [0.2, 0.25) is 0 Å². The fraction of sp³-hybridized carbons (Fsp3) is 0.500. The average Bonchev–Trinajstić information content (AvgIpc) is 3.47. The van der Waals surface area contributed by atoms with Crippen LogP contribution in [0.3, 0.4) is 0 Å². The summed E-state index contributed by atoms with van der Waals surface area (Å²) < 4.78 is 0.